The largest absolute Gasteiger partial charge is 0.444 e. The lowest BCUT2D eigenvalue weighted by atomic mass is 9.90. The molecule has 22 heavy (non-hydrogen) atoms. The summed E-state index contributed by atoms with van der Waals surface area (Å²) in [4.78, 5) is 30.4. The van der Waals surface area contributed by atoms with Crippen molar-refractivity contribution in [3.05, 3.63) is 0 Å². The van der Waals surface area contributed by atoms with E-state index in [9.17, 15) is 9.59 Å². The molecule has 0 radical (unpaired) electrons. The van der Waals surface area contributed by atoms with Gasteiger partial charge in [0.25, 0.3) is 5.91 Å². The highest BCUT2D eigenvalue weighted by molar-refractivity contribution is 5.80. The highest BCUT2D eigenvalue weighted by atomic mass is 16.7. The zero-order valence-corrected chi connectivity index (χ0v) is 14.3. The Kier molecular flexibility index (Phi) is 6.62. The van der Waals surface area contributed by atoms with Crippen LogP contribution in [0.4, 0.5) is 4.79 Å². The lowest BCUT2D eigenvalue weighted by molar-refractivity contribution is -0.170. The molecule has 0 unspecified atom stereocenters. The number of hydrogen-bond donors (Lipinski definition) is 1. The van der Waals surface area contributed by atoms with E-state index in [2.05, 4.69) is 0 Å². The Morgan fingerprint density at radius 1 is 1.32 bits per heavy atom. The minimum absolute atomic E-state index is 0.225. The second kappa shape index (κ2) is 7.78. The topological polar surface area (TPSA) is 85.1 Å². The van der Waals surface area contributed by atoms with E-state index in [-0.39, 0.29) is 12.0 Å². The highest BCUT2D eigenvalue weighted by Gasteiger charge is 2.29. The van der Waals surface area contributed by atoms with Gasteiger partial charge in [-0.05, 0) is 46.0 Å². The summed E-state index contributed by atoms with van der Waals surface area (Å²) in [6, 6.07) is -0.567. The van der Waals surface area contributed by atoms with Crippen LogP contribution in [0.5, 0.6) is 0 Å². The van der Waals surface area contributed by atoms with Gasteiger partial charge >= 0.3 is 6.09 Å². The van der Waals surface area contributed by atoms with Crippen molar-refractivity contribution >= 4 is 12.0 Å². The Hall–Kier alpha value is -1.34. The summed E-state index contributed by atoms with van der Waals surface area (Å²) in [7, 11) is 2.98. The molecule has 1 heterocycles. The second-order valence-electron chi connectivity index (χ2n) is 6.77. The van der Waals surface area contributed by atoms with Gasteiger partial charge in [0.2, 0.25) is 0 Å². The maximum atomic E-state index is 12.0. The first-order chi connectivity index (χ1) is 10.1. The van der Waals surface area contributed by atoms with Crippen LogP contribution in [0.2, 0.25) is 0 Å². The maximum absolute atomic E-state index is 12.0. The third kappa shape index (κ3) is 5.81. The fraction of sp³-hybridized carbons (Fsp3) is 0.867. The van der Waals surface area contributed by atoms with Gasteiger partial charge in [-0.2, -0.15) is 0 Å². The van der Waals surface area contributed by atoms with Crippen molar-refractivity contribution in [2.24, 2.45) is 11.7 Å². The molecule has 1 rings (SSSR count). The average Bonchev–Trinajstić information content (AvgIpc) is 2.44. The summed E-state index contributed by atoms with van der Waals surface area (Å²) in [6.07, 6.45) is 1.99. The number of carbonyl (C=O) groups excluding carboxylic acids is 2. The van der Waals surface area contributed by atoms with E-state index in [1.165, 1.54) is 7.11 Å². The van der Waals surface area contributed by atoms with E-state index in [1.807, 2.05) is 20.8 Å². The molecular weight excluding hydrogens is 286 g/mol. The molecular formula is C15H29N3O4. The van der Waals surface area contributed by atoms with Crippen LogP contribution >= 0.6 is 0 Å². The van der Waals surface area contributed by atoms with Crippen LogP contribution < -0.4 is 5.73 Å². The smallest absolute Gasteiger partial charge is 0.410 e. The quantitative estimate of drug-likeness (QED) is 0.792. The van der Waals surface area contributed by atoms with Crippen molar-refractivity contribution in [1.29, 1.82) is 0 Å². The lowest BCUT2D eigenvalue weighted by Gasteiger charge is -2.34. The number of likely N-dealkylation sites (N-methyl/N-ethyl adjacent to an activating group) is 1. The molecule has 0 bridgehead atoms. The first-order valence-electron chi connectivity index (χ1n) is 7.69. The van der Waals surface area contributed by atoms with Gasteiger partial charge in [-0.3, -0.25) is 9.63 Å². The Labute approximate surface area is 132 Å². The maximum Gasteiger partial charge on any atom is 0.410 e. The van der Waals surface area contributed by atoms with Crippen molar-refractivity contribution in [3.8, 4) is 0 Å². The number of ether oxygens (including phenoxy) is 1. The van der Waals surface area contributed by atoms with Gasteiger partial charge in [-0.1, -0.05) is 0 Å². The van der Waals surface area contributed by atoms with Crippen molar-refractivity contribution in [3.63, 3.8) is 0 Å². The first kappa shape index (κ1) is 18.7. The molecule has 2 N–H and O–H groups in total. The van der Waals surface area contributed by atoms with Crippen LogP contribution in [-0.2, 0) is 14.4 Å². The number of rotatable bonds is 4. The molecule has 1 aliphatic rings. The Morgan fingerprint density at radius 3 is 2.32 bits per heavy atom. The third-order valence-corrected chi connectivity index (χ3v) is 3.75. The summed E-state index contributed by atoms with van der Waals surface area (Å²) < 4.78 is 5.36. The molecule has 7 nitrogen and oxygen atoms in total. The third-order valence-electron chi connectivity index (χ3n) is 3.75. The molecule has 128 valence electrons. The van der Waals surface area contributed by atoms with Crippen LogP contribution in [-0.4, -0.2) is 60.9 Å². The molecule has 1 fully saturated rings. The number of carbonyl (C=O) groups is 2. The number of hydrogen-bond acceptors (Lipinski definition) is 5. The van der Waals surface area contributed by atoms with Gasteiger partial charge in [0.05, 0.1) is 13.2 Å². The van der Waals surface area contributed by atoms with E-state index in [1.54, 1.807) is 11.9 Å². The fourth-order valence-corrected chi connectivity index (χ4v) is 2.46. The zero-order valence-electron chi connectivity index (χ0n) is 14.3. The molecule has 0 aliphatic carbocycles. The molecule has 0 saturated carbocycles. The van der Waals surface area contributed by atoms with Crippen molar-refractivity contribution in [2.75, 3.05) is 27.2 Å². The van der Waals surface area contributed by atoms with Crippen molar-refractivity contribution < 1.29 is 19.2 Å². The molecule has 1 aliphatic heterocycles. The molecule has 2 amide bonds. The van der Waals surface area contributed by atoms with Gasteiger partial charge in [0.1, 0.15) is 5.60 Å². The highest BCUT2D eigenvalue weighted by Crippen LogP contribution is 2.23. The normalized spacial score (nSPS) is 18.0. The summed E-state index contributed by atoms with van der Waals surface area (Å²) in [6.45, 7) is 6.85. The lowest BCUT2D eigenvalue weighted by Crippen LogP contribution is -2.45. The minimum atomic E-state index is -0.567. The molecule has 1 saturated heterocycles. The number of likely N-dealkylation sites (tertiary alicyclic amines) is 1. The average molecular weight is 315 g/mol. The van der Waals surface area contributed by atoms with E-state index in [4.69, 9.17) is 15.3 Å². The Balaban J connectivity index is 2.39. The fourth-order valence-electron chi connectivity index (χ4n) is 2.46. The predicted molar refractivity (Wildman–Crippen MR) is 82.9 cm³/mol. The van der Waals surface area contributed by atoms with E-state index >= 15 is 0 Å². The van der Waals surface area contributed by atoms with Gasteiger partial charge < -0.3 is 15.4 Å². The molecule has 1 atom stereocenters. The van der Waals surface area contributed by atoms with Gasteiger partial charge in [0.15, 0.2) is 0 Å². The number of nitrogens with zero attached hydrogens (tertiary/aromatic N) is 2. The van der Waals surface area contributed by atoms with Crippen LogP contribution in [0.1, 0.15) is 40.0 Å². The van der Waals surface area contributed by atoms with Crippen LogP contribution in [0.3, 0.4) is 0 Å². The molecule has 7 heteroatoms. The molecule has 0 aromatic carbocycles. The van der Waals surface area contributed by atoms with Crippen LogP contribution in [0.15, 0.2) is 0 Å². The van der Waals surface area contributed by atoms with Gasteiger partial charge in [-0.15, -0.1) is 0 Å². The van der Waals surface area contributed by atoms with Crippen LogP contribution in [0, 0.1) is 5.92 Å². The predicted octanol–water partition coefficient (Wildman–Crippen LogP) is 1.37. The second-order valence-corrected chi connectivity index (χ2v) is 6.77. The Bertz CT molecular complexity index is 387. The van der Waals surface area contributed by atoms with Crippen molar-refractivity contribution in [2.45, 2.75) is 51.7 Å². The van der Waals surface area contributed by atoms with Gasteiger partial charge in [0, 0.05) is 20.1 Å². The van der Waals surface area contributed by atoms with E-state index in [0.717, 1.165) is 17.9 Å². The summed E-state index contributed by atoms with van der Waals surface area (Å²) in [5.74, 6) is 0.111. The summed E-state index contributed by atoms with van der Waals surface area (Å²) in [5.41, 5.74) is 5.45. The Morgan fingerprint density at radius 2 is 1.86 bits per heavy atom. The van der Waals surface area contributed by atoms with E-state index < -0.39 is 11.6 Å². The van der Waals surface area contributed by atoms with Crippen molar-refractivity contribution in [1.82, 2.24) is 9.96 Å². The molecule has 0 aromatic heterocycles. The summed E-state index contributed by atoms with van der Waals surface area (Å²) >= 11 is 0. The van der Waals surface area contributed by atoms with E-state index in [0.29, 0.717) is 25.4 Å². The van der Waals surface area contributed by atoms with Crippen LogP contribution in [0.25, 0.3) is 0 Å². The number of hydroxylamine groups is 2. The number of piperidine rings is 1. The summed E-state index contributed by atoms with van der Waals surface area (Å²) in [5, 5.41) is 1.15. The first-order valence-corrected chi connectivity index (χ1v) is 7.69. The minimum Gasteiger partial charge on any atom is -0.444 e. The zero-order chi connectivity index (χ0) is 16.9. The number of nitrogens with two attached hydrogens (primary N) is 1. The SMILES string of the molecule is CON(C)C(=O)[C@@H](N)CC1CCN(C(=O)OC(C)(C)C)CC1. The number of amides is 2. The monoisotopic (exact) mass is 315 g/mol. The molecule has 0 spiro atoms. The standard InChI is InChI=1S/C15H29N3O4/c1-15(2,3)22-14(20)18-8-6-11(7-9-18)10-12(16)13(19)17(4)21-5/h11-12H,6-10,16H2,1-5H3/t12-/m0/s1. The molecule has 0 aromatic rings. The van der Waals surface area contributed by atoms with Gasteiger partial charge in [-0.25, -0.2) is 9.86 Å².